The van der Waals surface area contributed by atoms with Gasteiger partial charge in [0.15, 0.2) is 0 Å². The monoisotopic (exact) mass is 341 g/mol. The number of carbonyl (C=O) groups is 1. The van der Waals surface area contributed by atoms with Gasteiger partial charge in [-0.25, -0.2) is 4.68 Å². The molecule has 6 heteroatoms. The molecule has 0 unspecified atom stereocenters. The molecule has 0 spiro atoms. The largest absolute Gasteiger partial charge is 0.508 e. The smallest absolute Gasteiger partial charge is 0.255 e. The van der Waals surface area contributed by atoms with Gasteiger partial charge in [-0.2, -0.15) is 5.10 Å². The van der Waals surface area contributed by atoms with Crippen LogP contribution in [-0.4, -0.2) is 20.8 Å². The molecule has 0 saturated heterocycles. The maximum absolute atomic E-state index is 12.2. The molecule has 3 aromatic rings. The van der Waals surface area contributed by atoms with Gasteiger partial charge in [-0.15, -0.1) is 0 Å². The number of hydrogen-bond donors (Lipinski definition) is 2. The van der Waals surface area contributed by atoms with Crippen LogP contribution in [0.1, 0.15) is 21.7 Å². The predicted octanol–water partition coefficient (Wildman–Crippen LogP) is 4.10. The lowest BCUT2D eigenvalue weighted by Crippen LogP contribution is -2.11. The van der Waals surface area contributed by atoms with E-state index in [1.54, 1.807) is 28.9 Å². The Morgan fingerprint density at radius 3 is 2.25 bits per heavy atom. The van der Waals surface area contributed by atoms with Crippen molar-refractivity contribution in [2.75, 3.05) is 5.32 Å². The second-order valence-electron chi connectivity index (χ2n) is 5.44. The van der Waals surface area contributed by atoms with Gasteiger partial charge in [0, 0.05) is 11.3 Å². The molecule has 0 fully saturated rings. The summed E-state index contributed by atoms with van der Waals surface area (Å²) in [5.41, 5.74) is 3.66. The molecule has 0 aliphatic heterocycles. The third-order valence-electron chi connectivity index (χ3n) is 3.70. The Morgan fingerprint density at radius 1 is 1.08 bits per heavy atom. The fraction of sp³-hybridized carbons (Fsp3) is 0.111. The Hall–Kier alpha value is -2.79. The van der Waals surface area contributed by atoms with Crippen LogP contribution in [0.3, 0.4) is 0 Å². The molecular formula is C18H16ClN3O2. The summed E-state index contributed by atoms with van der Waals surface area (Å²) in [6.45, 7) is 3.76. The van der Waals surface area contributed by atoms with Crippen molar-refractivity contribution in [3.8, 4) is 11.4 Å². The zero-order chi connectivity index (χ0) is 17.3. The van der Waals surface area contributed by atoms with E-state index in [0.717, 1.165) is 17.1 Å². The Balaban J connectivity index is 1.78. The van der Waals surface area contributed by atoms with Crippen molar-refractivity contribution in [2.24, 2.45) is 0 Å². The van der Waals surface area contributed by atoms with Gasteiger partial charge in [0.25, 0.3) is 5.91 Å². The van der Waals surface area contributed by atoms with Crippen molar-refractivity contribution < 1.29 is 9.90 Å². The van der Waals surface area contributed by atoms with Gasteiger partial charge < -0.3 is 10.4 Å². The van der Waals surface area contributed by atoms with E-state index in [2.05, 4.69) is 10.4 Å². The van der Waals surface area contributed by atoms with Crippen molar-refractivity contribution >= 4 is 23.2 Å². The normalized spacial score (nSPS) is 10.6. The summed E-state index contributed by atoms with van der Waals surface area (Å²) in [6, 6.07) is 13.4. The topological polar surface area (TPSA) is 67.2 Å². The summed E-state index contributed by atoms with van der Waals surface area (Å²) in [5, 5.41) is 17.1. The van der Waals surface area contributed by atoms with Crippen LogP contribution in [0.15, 0.2) is 48.5 Å². The van der Waals surface area contributed by atoms with Crippen molar-refractivity contribution in [2.45, 2.75) is 13.8 Å². The van der Waals surface area contributed by atoms with Crippen molar-refractivity contribution in [3.05, 3.63) is 70.5 Å². The first-order valence-corrected chi connectivity index (χ1v) is 7.76. The molecule has 1 heterocycles. The molecule has 24 heavy (non-hydrogen) atoms. The zero-order valence-corrected chi connectivity index (χ0v) is 14.0. The van der Waals surface area contributed by atoms with Crippen molar-refractivity contribution in [1.29, 1.82) is 0 Å². The third-order valence-corrected chi connectivity index (χ3v) is 4.25. The number of anilines is 1. The Kier molecular flexibility index (Phi) is 4.27. The Morgan fingerprint density at radius 2 is 1.71 bits per heavy atom. The number of nitrogens with zero attached hydrogens (tertiary/aromatic N) is 2. The van der Waals surface area contributed by atoms with E-state index in [1.807, 2.05) is 26.0 Å². The SMILES string of the molecule is Cc1nn(-c2ccc(NC(=O)c3ccc(O)cc3)cc2)c(C)c1Cl. The van der Waals surface area contributed by atoms with Crippen LogP contribution in [-0.2, 0) is 0 Å². The second kappa shape index (κ2) is 6.37. The molecule has 0 radical (unpaired) electrons. The number of phenolic OH excluding ortho intramolecular Hbond substituents is 1. The molecule has 2 aromatic carbocycles. The first kappa shape index (κ1) is 16.1. The molecular weight excluding hydrogens is 326 g/mol. The van der Waals surface area contributed by atoms with E-state index in [-0.39, 0.29) is 11.7 Å². The van der Waals surface area contributed by atoms with Gasteiger partial charge >= 0.3 is 0 Å². The predicted molar refractivity (Wildman–Crippen MR) is 94.1 cm³/mol. The number of aryl methyl sites for hydroxylation is 1. The summed E-state index contributed by atoms with van der Waals surface area (Å²) in [7, 11) is 0. The third kappa shape index (κ3) is 3.12. The van der Waals surface area contributed by atoms with Crippen LogP contribution >= 0.6 is 11.6 Å². The van der Waals surface area contributed by atoms with Gasteiger partial charge in [0.05, 0.1) is 22.1 Å². The molecule has 0 aliphatic carbocycles. The van der Waals surface area contributed by atoms with E-state index >= 15 is 0 Å². The summed E-state index contributed by atoms with van der Waals surface area (Å²) in [4.78, 5) is 12.2. The highest BCUT2D eigenvalue weighted by Gasteiger charge is 2.11. The number of rotatable bonds is 3. The molecule has 0 aliphatic rings. The standard InChI is InChI=1S/C18H16ClN3O2/c1-11-17(19)12(2)22(21-11)15-7-5-14(6-8-15)20-18(24)13-3-9-16(23)10-4-13/h3-10,23H,1-2H3,(H,20,24). The zero-order valence-electron chi connectivity index (χ0n) is 13.2. The van der Waals surface area contributed by atoms with E-state index in [4.69, 9.17) is 11.6 Å². The molecule has 5 nitrogen and oxygen atoms in total. The van der Waals surface area contributed by atoms with Crippen LogP contribution in [0, 0.1) is 13.8 Å². The van der Waals surface area contributed by atoms with E-state index < -0.39 is 0 Å². The molecule has 3 rings (SSSR count). The van der Waals surface area contributed by atoms with Crippen molar-refractivity contribution in [3.63, 3.8) is 0 Å². The number of benzene rings is 2. The second-order valence-corrected chi connectivity index (χ2v) is 5.82. The Labute approximate surface area is 144 Å². The average Bonchev–Trinajstić information content (AvgIpc) is 2.84. The highest BCUT2D eigenvalue weighted by Crippen LogP contribution is 2.23. The number of aromatic nitrogens is 2. The van der Waals surface area contributed by atoms with Crippen LogP contribution in [0.2, 0.25) is 5.02 Å². The minimum Gasteiger partial charge on any atom is -0.508 e. The highest BCUT2D eigenvalue weighted by molar-refractivity contribution is 6.31. The average molecular weight is 342 g/mol. The van der Waals surface area contributed by atoms with Crippen LogP contribution in [0.25, 0.3) is 5.69 Å². The maximum Gasteiger partial charge on any atom is 0.255 e. The van der Waals surface area contributed by atoms with Crippen LogP contribution in [0.4, 0.5) is 5.69 Å². The lowest BCUT2D eigenvalue weighted by Gasteiger charge is -2.08. The number of halogens is 1. The summed E-state index contributed by atoms with van der Waals surface area (Å²) in [5.74, 6) is -0.114. The number of aromatic hydroxyl groups is 1. The van der Waals surface area contributed by atoms with Crippen LogP contribution < -0.4 is 5.32 Å². The first-order valence-electron chi connectivity index (χ1n) is 7.38. The summed E-state index contributed by atoms with van der Waals surface area (Å²) < 4.78 is 1.77. The quantitative estimate of drug-likeness (QED) is 0.753. The summed E-state index contributed by atoms with van der Waals surface area (Å²) in [6.07, 6.45) is 0. The number of carbonyl (C=O) groups excluding carboxylic acids is 1. The molecule has 122 valence electrons. The maximum atomic E-state index is 12.2. The highest BCUT2D eigenvalue weighted by atomic mass is 35.5. The number of phenols is 1. The molecule has 1 amide bonds. The lowest BCUT2D eigenvalue weighted by molar-refractivity contribution is 0.102. The van der Waals surface area contributed by atoms with Gasteiger partial charge in [-0.1, -0.05) is 11.6 Å². The molecule has 0 bridgehead atoms. The van der Waals surface area contributed by atoms with Crippen molar-refractivity contribution in [1.82, 2.24) is 9.78 Å². The Bertz CT molecular complexity index is 884. The molecule has 1 aromatic heterocycles. The fourth-order valence-electron chi connectivity index (χ4n) is 2.38. The number of nitrogens with one attached hydrogen (secondary N) is 1. The molecule has 2 N–H and O–H groups in total. The summed E-state index contributed by atoms with van der Waals surface area (Å²) >= 11 is 6.17. The lowest BCUT2D eigenvalue weighted by atomic mass is 10.2. The van der Waals surface area contributed by atoms with E-state index in [0.29, 0.717) is 16.3 Å². The van der Waals surface area contributed by atoms with Gasteiger partial charge in [0.2, 0.25) is 0 Å². The minimum atomic E-state index is -0.239. The first-order chi connectivity index (χ1) is 11.5. The van der Waals surface area contributed by atoms with E-state index in [9.17, 15) is 9.90 Å². The van der Waals surface area contributed by atoms with Crippen LogP contribution in [0.5, 0.6) is 5.75 Å². The van der Waals surface area contributed by atoms with Gasteiger partial charge in [0.1, 0.15) is 5.75 Å². The fourth-order valence-corrected chi connectivity index (χ4v) is 2.49. The van der Waals surface area contributed by atoms with Gasteiger partial charge in [-0.3, -0.25) is 4.79 Å². The van der Waals surface area contributed by atoms with Gasteiger partial charge in [-0.05, 0) is 62.4 Å². The number of hydrogen-bond acceptors (Lipinski definition) is 3. The minimum absolute atomic E-state index is 0.124. The number of amides is 1. The molecule has 0 saturated carbocycles. The van der Waals surface area contributed by atoms with E-state index in [1.165, 1.54) is 12.1 Å². The molecule has 0 atom stereocenters.